The molecule has 2 aliphatic rings. The minimum Gasteiger partial charge on any atom is -0.470 e. The molecular weight excluding hydrogens is 480 g/mol. The fourth-order valence-electron chi connectivity index (χ4n) is 4.60. The summed E-state index contributed by atoms with van der Waals surface area (Å²) in [6.45, 7) is 4.81. The lowest BCUT2D eigenvalue weighted by Gasteiger charge is -2.35. The molecule has 0 radical (unpaired) electrons. The number of nitrogens with one attached hydrogen (secondary N) is 1. The minimum absolute atomic E-state index is 0.0553. The van der Waals surface area contributed by atoms with Crippen molar-refractivity contribution in [3.63, 3.8) is 0 Å². The summed E-state index contributed by atoms with van der Waals surface area (Å²) in [5.41, 5.74) is 3.33. The number of piperazine rings is 1. The van der Waals surface area contributed by atoms with E-state index in [-0.39, 0.29) is 6.10 Å². The average Bonchev–Trinajstić information content (AvgIpc) is 3.67. The van der Waals surface area contributed by atoms with Crippen molar-refractivity contribution in [1.29, 1.82) is 0 Å². The first-order valence-corrected chi connectivity index (χ1v) is 13.0. The summed E-state index contributed by atoms with van der Waals surface area (Å²) >= 11 is 1.52. The van der Waals surface area contributed by atoms with Crippen molar-refractivity contribution < 1.29 is 14.6 Å². The highest BCUT2D eigenvalue weighted by Gasteiger charge is 2.24. The number of aliphatic hydroxyl groups is 1. The molecule has 4 aromatic rings. The Morgan fingerprint density at radius 1 is 1.22 bits per heavy atom. The zero-order valence-electron chi connectivity index (χ0n) is 20.4. The topological polar surface area (TPSA) is 106 Å². The number of nitrogens with zero attached hydrogens (tertiary/aromatic N) is 7. The quantitative estimate of drug-likeness (QED) is 0.388. The number of hydrogen-bond acceptors (Lipinski definition) is 10. The normalized spacial score (nSPS) is 20.2. The number of aliphatic hydroxyl groups excluding tert-OH is 1. The predicted molar refractivity (Wildman–Crippen MR) is 137 cm³/mol. The molecule has 0 bridgehead atoms. The van der Waals surface area contributed by atoms with Gasteiger partial charge in [-0.25, -0.2) is 4.98 Å². The summed E-state index contributed by atoms with van der Waals surface area (Å²) in [5, 5.41) is 21.3. The second-order valence-electron chi connectivity index (χ2n) is 9.33. The molecule has 2 fully saturated rings. The van der Waals surface area contributed by atoms with Gasteiger partial charge in [0, 0.05) is 63.0 Å². The molecule has 2 saturated heterocycles. The van der Waals surface area contributed by atoms with Crippen molar-refractivity contribution in [2.24, 2.45) is 7.05 Å². The Balaban J connectivity index is 1.28. The van der Waals surface area contributed by atoms with Gasteiger partial charge < -0.3 is 29.4 Å². The number of ether oxygens (including phenoxy) is 2. The summed E-state index contributed by atoms with van der Waals surface area (Å²) in [4.78, 5) is 13.9. The molecule has 0 aliphatic carbocycles. The zero-order valence-corrected chi connectivity index (χ0v) is 21.2. The van der Waals surface area contributed by atoms with Gasteiger partial charge in [0.15, 0.2) is 0 Å². The van der Waals surface area contributed by atoms with E-state index >= 15 is 0 Å². The highest BCUT2D eigenvalue weighted by molar-refractivity contribution is 7.14. The van der Waals surface area contributed by atoms with E-state index in [1.807, 2.05) is 41.5 Å². The predicted octanol–water partition coefficient (Wildman–Crippen LogP) is 2.37. The average molecular weight is 511 g/mol. The van der Waals surface area contributed by atoms with Crippen LogP contribution < -0.4 is 10.1 Å². The first-order valence-electron chi connectivity index (χ1n) is 12.1. The fraction of sp³-hybridized carbons (Fsp3) is 0.458. The third-order valence-electron chi connectivity index (χ3n) is 6.67. The molecule has 0 spiro atoms. The molecule has 1 unspecified atom stereocenters. The minimum atomic E-state index is -0.622. The Morgan fingerprint density at radius 2 is 2.08 bits per heavy atom. The van der Waals surface area contributed by atoms with Crippen molar-refractivity contribution >= 4 is 33.3 Å². The van der Waals surface area contributed by atoms with Crippen LogP contribution in [0, 0.1) is 0 Å². The highest BCUT2D eigenvalue weighted by atomic mass is 32.1. The fourth-order valence-corrected chi connectivity index (χ4v) is 5.41. The van der Waals surface area contributed by atoms with Gasteiger partial charge in [0.2, 0.25) is 11.8 Å². The van der Waals surface area contributed by atoms with Gasteiger partial charge in [-0.05, 0) is 19.2 Å². The number of aromatic nitrogens is 5. The van der Waals surface area contributed by atoms with Gasteiger partial charge in [-0.2, -0.15) is 10.1 Å². The zero-order chi connectivity index (χ0) is 24.6. The SMILES string of the molecule is CN1CCN(C(O)c2csc(Nc3nc(O[C@H]4CCOC4)c4c(ccn4-c4cnn(C)c4)n3)c2)CC1. The van der Waals surface area contributed by atoms with Crippen LogP contribution in [0.25, 0.3) is 16.7 Å². The molecular formula is C24H30N8O3S. The van der Waals surface area contributed by atoms with E-state index in [2.05, 4.69) is 27.3 Å². The van der Waals surface area contributed by atoms with Crippen molar-refractivity contribution in [2.45, 2.75) is 18.8 Å². The molecule has 12 heteroatoms. The molecule has 0 saturated carbocycles. The third kappa shape index (κ3) is 4.70. The Morgan fingerprint density at radius 3 is 2.83 bits per heavy atom. The molecule has 6 rings (SSSR count). The van der Waals surface area contributed by atoms with Crippen molar-refractivity contribution in [2.75, 3.05) is 51.8 Å². The molecule has 2 aliphatic heterocycles. The van der Waals surface area contributed by atoms with Gasteiger partial charge in [0.25, 0.3) is 0 Å². The summed E-state index contributed by atoms with van der Waals surface area (Å²) in [7, 11) is 3.99. The van der Waals surface area contributed by atoms with E-state index in [4.69, 9.17) is 19.4 Å². The second-order valence-corrected chi connectivity index (χ2v) is 10.2. The van der Waals surface area contributed by atoms with Crippen LogP contribution >= 0.6 is 11.3 Å². The van der Waals surface area contributed by atoms with Crippen LogP contribution in [-0.4, -0.2) is 91.8 Å². The first-order chi connectivity index (χ1) is 17.5. The Kier molecular flexibility index (Phi) is 6.36. The van der Waals surface area contributed by atoms with Gasteiger partial charge in [0.1, 0.15) is 17.8 Å². The van der Waals surface area contributed by atoms with E-state index in [1.54, 1.807) is 10.9 Å². The van der Waals surface area contributed by atoms with Gasteiger partial charge in [-0.15, -0.1) is 11.3 Å². The van der Waals surface area contributed by atoms with Crippen molar-refractivity contribution in [1.82, 2.24) is 34.1 Å². The maximum Gasteiger partial charge on any atom is 0.244 e. The van der Waals surface area contributed by atoms with E-state index in [0.29, 0.717) is 25.0 Å². The number of rotatable bonds is 7. The van der Waals surface area contributed by atoms with E-state index in [1.165, 1.54) is 11.3 Å². The monoisotopic (exact) mass is 510 g/mol. The largest absolute Gasteiger partial charge is 0.470 e. The number of fused-ring (bicyclic) bond motifs is 1. The van der Waals surface area contributed by atoms with Crippen LogP contribution in [0.5, 0.6) is 5.88 Å². The maximum absolute atomic E-state index is 10.9. The van der Waals surface area contributed by atoms with E-state index in [9.17, 15) is 5.11 Å². The van der Waals surface area contributed by atoms with Crippen LogP contribution in [0.15, 0.2) is 36.1 Å². The van der Waals surface area contributed by atoms with Crippen LogP contribution in [0.4, 0.5) is 10.9 Å². The molecule has 36 heavy (non-hydrogen) atoms. The van der Waals surface area contributed by atoms with Gasteiger partial charge in [-0.3, -0.25) is 9.58 Å². The molecule has 0 aromatic carbocycles. The maximum atomic E-state index is 10.9. The molecule has 2 atom stereocenters. The van der Waals surface area contributed by atoms with Gasteiger partial charge in [0.05, 0.1) is 35.6 Å². The molecule has 11 nitrogen and oxygen atoms in total. The number of hydrogen-bond donors (Lipinski definition) is 2. The first kappa shape index (κ1) is 23.4. The van der Waals surface area contributed by atoms with Crippen molar-refractivity contribution in [3.05, 3.63) is 41.7 Å². The van der Waals surface area contributed by atoms with Crippen LogP contribution in [0.1, 0.15) is 18.2 Å². The van der Waals surface area contributed by atoms with Gasteiger partial charge >= 0.3 is 0 Å². The number of aryl methyl sites for hydroxylation is 1. The smallest absolute Gasteiger partial charge is 0.244 e. The number of likely N-dealkylation sites (N-methyl/N-ethyl adjacent to an activating group) is 1. The molecule has 4 aromatic heterocycles. The summed E-state index contributed by atoms with van der Waals surface area (Å²) < 4.78 is 15.6. The number of anilines is 2. The Hall–Kier alpha value is -3.03. The molecule has 0 amide bonds. The van der Waals surface area contributed by atoms with Gasteiger partial charge in [-0.1, -0.05) is 0 Å². The van der Waals surface area contributed by atoms with Crippen LogP contribution in [0.2, 0.25) is 0 Å². The van der Waals surface area contributed by atoms with Crippen molar-refractivity contribution in [3.8, 4) is 11.6 Å². The lowest BCUT2D eigenvalue weighted by atomic mass is 10.2. The molecule has 190 valence electrons. The lowest BCUT2D eigenvalue weighted by molar-refractivity contribution is -0.0229. The Bertz CT molecular complexity index is 1340. The Labute approximate surface area is 212 Å². The van der Waals surface area contributed by atoms with Crippen LogP contribution in [0.3, 0.4) is 0 Å². The number of thiophene rings is 1. The second kappa shape index (κ2) is 9.79. The summed E-state index contributed by atoms with van der Waals surface area (Å²) in [5.74, 6) is 0.948. The third-order valence-corrected chi connectivity index (χ3v) is 7.54. The van der Waals surface area contributed by atoms with Crippen LogP contribution in [-0.2, 0) is 11.8 Å². The summed E-state index contributed by atoms with van der Waals surface area (Å²) in [6.07, 6.45) is 5.83. The standard InChI is InChI=1S/C24H30N8O3S/c1-29-6-8-31(9-7-29)23(33)16-11-20(36-15-16)27-24-26-19-3-5-32(17-12-25-30(2)13-17)21(19)22(28-24)35-18-4-10-34-14-18/h3,5,11-13,15,18,23,33H,4,6-10,14H2,1-2H3,(H,26,27,28)/t18-,23?/m0/s1. The summed E-state index contributed by atoms with van der Waals surface area (Å²) in [6, 6.07) is 3.91. The molecule has 2 N–H and O–H groups in total. The molecule has 6 heterocycles. The van der Waals surface area contributed by atoms with E-state index < -0.39 is 6.23 Å². The van der Waals surface area contributed by atoms with E-state index in [0.717, 1.165) is 59.9 Å². The lowest BCUT2D eigenvalue weighted by Crippen LogP contribution is -2.45. The highest BCUT2D eigenvalue weighted by Crippen LogP contribution is 2.33.